The number of aromatic nitrogens is 2. The highest BCUT2D eigenvalue weighted by atomic mass is 35.5. The van der Waals surface area contributed by atoms with E-state index in [0.29, 0.717) is 24.3 Å². The van der Waals surface area contributed by atoms with Crippen molar-refractivity contribution in [2.24, 2.45) is 0 Å². The van der Waals surface area contributed by atoms with E-state index in [-0.39, 0.29) is 6.10 Å². The predicted molar refractivity (Wildman–Crippen MR) is 66.5 cm³/mol. The van der Waals surface area contributed by atoms with Gasteiger partial charge in [0.2, 0.25) is 11.8 Å². The van der Waals surface area contributed by atoms with Crippen LogP contribution in [0.25, 0.3) is 0 Å². The Labute approximate surface area is 102 Å². The average Bonchev–Trinajstić information content (AvgIpc) is 2.15. The molecule has 0 amide bonds. The Balaban J connectivity index is 2.89. The molecule has 0 atom stereocenters. The lowest BCUT2D eigenvalue weighted by Gasteiger charge is -2.17. The van der Waals surface area contributed by atoms with Crippen molar-refractivity contribution < 1.29 is 4.74 Å². The van der Waals surface area contributed by atoms with E-state index in [9.17, 15) is 0 Å². The van der Waals surface area contributed by atoms with Gasteiger partial charge in [-0.2, -0.15) is 4.98 Å². The largest absolute Gasteiger partial charge is 0.475 e. The van der Waals surface area contributed by atoms with Crippen LogP contribution in [0.5, 0.6) is 5.88 Å². The van der Waals surface area contributed by atoms with Gasteiger partial charge in [-0.15, -0.1) is 11.6 Å². The summed E-state index contributed by atoms with van der Waals surface area (Å²) in [5, 5.41) is 0. The first kappa shape index (κ1) is 13.0. The summed E-state index contributed by atoms with van der Waals surface area (Å²) in [4.78, 5) is 10.6. The molecule has 4 nitrogen and oxygen atoms in total. The van der Waals surface area contributed by atoms with E-state index in [1.165, 1.54) is 0 Å². The quantitative estimate of drug-likeness (QED) is 0.744. The van der Waals surface area contributed by atoms with Crippen molar-refractivity contribution in [1.82, 2.24) is 9.97 Å². The first-order chi connectivity index (χ1) is 7.52. The summed E-state index contributed by atoms with van der Waals surface area (Å²) in [6, 6.07) is 1.83. The van der Waals surface area contributed by atoms with Gasteiger partial charge in [0, 0.05) is 31.2 Å². The van der Waals surface area contributed by atoms with Crippen LogP contribution < -0.4 is 9.64 Å². The Kier molecular flexibility index (Phi) is 4.80. The second kappa shape index (κ2) is 5.89. The van der Waals surface area contributed by atoms with Gasteiger partial charge in [0.1, 0.15) is 0 Å². The molecule has 16 heavy (non-hydrogen) atoms. The summed E-state index contributed by atoms with van der Waals surface area (Å²) in [5.74, 6) is 1.81. The fourth-order valence-electron chi connectivity index (χ4n) is 1.22. The number of ether oxygens (including phenoxy) is 1. The maximum Gasteiger partial charge on any atom is 0.228 e. The molecule has 0 spiro atoms. The number of halogens is 1. The van der Waals surface area contributed by atoms with Crippen LogP contribution in [0.4, 0.5) is 5.95 Å². The van der Waals surface area contributed by atoms with Crippen molar-refractivity contribution in [3.05, 3.63) is 11.8 Å². The highest BCUT2D eigenvalue weighted by Crippen LogP contribution is 2.15. The van der Waals surface area contributed by atoms with Crippen molar-refractivity contribution in [3.8, 4) is 5.88 Å². The lowest BCUT2D eigenvalue weighted by atomic mass is 10.4. The van der Waals surface area contributed by atoms with Crippen LogP contribution in [0.1, 0.15) is 19.5 Å². The number of rotatable bonds is 5. The summed E-state index contributed by atoms with van der Waals surface area (Å²) in [6.07, 6.45) is 0.112. The minimum Gasteiger partial charge on any atom is -0.475 e. The Morgan fingerprint density at radius 1 is 1.44 bits per heavy atom. The molecule has 0 aliphatic rings. The van der Waals surface area contributed by atoms with E-state index in [2.05, 4.69) is 9.97 Å². The van der Waals surface area contributed by atoms with Crippen molar-refractivity contribution in [1.29, 1.82) is 0 Å². The molecule has 0 fully saturated rings. The van der Waals surface area contributed by atoms with E-state index < -0.39 is 0 Å². The lowest BCUT2D eigenvalue weighted by Crippen LogP contribution is -2.22. The number of aryl methyl sites for hydroxylation is 1. The SMILES string of the molecule is Cc1cc(OC(C)C)nc(N(C)CCCl)n1. The van der Waals surface area contributed by atoms with Gasteiger partial charge in [0.15, 0.2) is 0 Å². The maximum absolute atomic E-state index is 5.68. The molecule has 1 rings (SSSR count). The van der Waals surface area contributed by atoms with Crippen LogP contribution in [0.15, 0.2) is 6.07 Å². The smallest absolute Gasteiger partial charge is 0.228 e. The molecule has 0 radical (unpaired) electrons. The average molecular weight is 244 g/mol. The van der Waals surface area contributed by atoms with Crippen molar-refractivity contribution in [3.63, 3.8) is 0 Å². The Morgan fingerprint density at radius 3 is 2.69 bits per heavy atom. The molecular formula is C11H18ClN3O. The number of alkyl halides is 1. The fraction of sp³-hybridized carbons (Fsp3) is 0.636. The van der Waals surface area contributed by atoms with E-state index in [1.54, 1.807) is 0 Å². The topological polar surface area (TPSA) is 38.2 Å². The van der Waals surface area contributed by atoms with E-state index in [0.717, 1.165) is 5.69 Å². The monoisotopic (exact) mass is 243 g/mol. The van der Waals surface area contributed by atoms with Crippen LogP contribution in [-0.2, 0) is 0 Å². The Bertz CT molecular complexity index is 344. The summed E-state index contributed by atoms with van der Waals surface area (Å²) in [7, 11) is 1.91. The van der Waals surface area contributed by atoms with Crippen LogP contribution >= 0.6 is 11.6 Å². The fourth-order valence-corrected chi connectivity index (χ4v) is 1.48. The van der Waals surface area contributed by atoms with Gasteiger partial charge in [0.25, 0.3) is 0 Å². The molecule has 0 aliphatic heterocycles. The molecule has 1 heterocycles. The minimum absolute atomic E-state index is 0.112. The zero-order chi connectivity index (χ0) is 12.1. The third kappa shape index (κ3) is 3.85. The molecule has 0 saturated carbocycles. The molecule has 1 aromatic heterocycles. The third-order valence-electron chi connectivity index (χ3n) is 1.94. The highest BCUT2D eigenvalue weighted by molar-refractivity contribution is 6.18. The summed E-state index contributed by atoms with van der Waals surface area (Å²) in [6.45, 7) is 6.58. The first-order valence-corrected chi connectivity index (χ1v) is 5.86. The van der Waals surface area contributed by atoms with Crippen LogP contribution in [0, 0.1) is 6.92 Å². The molecule has 0 aromatic carbocycles. The highest BCUT2D eigenvalue weighted by Gasteiger charge is 2.08. The molecular weight excluding hydrogens is 226 g/mol. The van der Waals surface area contributed by atoms with Gasteiger partial charge < -0.3 is 9.64 Å². The number of hydrogen-bond donors (Lipinski definition) is 0. The van der Waals surface area contributed by atoms with Gasteiger partial charge >= 0.3 is 0 Å². The minimum atomic E-state index is 0.112. The van der Waals surface area contributed by atoms with Gasteiger partial charge in [-0.3, -0.25) is 0 Å². The molecule has 0 aliphatic carbocycles. The second-order valence-electron chi connectivity index (χ2n) is 3.92. The first-order valence-electron chi connectivity index (χ1n) is 5.32. The normalized spacial score (nSPS) is 10.6. The molecule has 90 valence electrons. The summed E-state index contributed by atoms with van der Waals surface area (Å²) in [5.41, 5.74) is 0.891. The number of hydrogen-bond acceptors (Lipinski definition) is 4. The van der Waals surface area contributed by atoms with E-state index in [1.807, 2.05) is 38.8 Å². The Hall–Kier alpha value is -1.03. The molecule has 0 N–H and O–H groups in total. The summed E-state index contributed by atoms with van der Waals surface area (Å²) < 4.78 is 5.55. The van der Waals surface area contributed by atoms with Crippen molar-refractivity contribution in [2.45, 2.75) is 26.9 Å². The van der Waals surface area contributed by atoms with Gasteiger partial charge in [-0.1, -0.05) is 0 Å². The van der Waals surface area contributed by atoms with E-state index in [4.69, 9.17) is 16.3 Å². The van der Waals surface area contributed by atoms with Crippen LogP contribution in [-0.4, -0.2) is 35.5 Å². The number of nitrogens with zero attached hydrogens (tertiary/aromatic N) is 3. The van der Waals surface area contributed by atoms with E-state index >= 15 is 0 Å². The maximum atomic E-state index is 5.68. The van der Waals surface area contributed by atoms with Gasteiger partial charge in [-0.25, -0.2) is 4.98 Å². The van der Waals surface area contributed by atoms with Gasteiger partial charge in [-0.05, 0) is 20.8 Å². The standard InChI is InChI=1S/C11H18ClN3O/c1-8(2)16-10-7-9(3)13-11(14-10)15(4)6-5-12/h7-8H,5-6H2,1-4H3. The third-order valence-corrected chi connectivity index (χ3v) is 2.11. The lowest BCUT2D eigenvalue weighted by molar-refractivity contribution is 0.232. The molecule has 0 unspecified atom stereocenters. The van der Waals surface area contributed by atoms with Crippen molar-refractivity contribution in [2.75, 3.05) is 24.4 Å². The van der Waals surface area contributed by atoms with Crippen molar-refractivity contribution >= 4 is 17.5 Å². The van der Waals surface area contributed by atoms with Gasteiger partial charge in [0.05, 0.1) is 6.10 Å². The zero-order valence-electron chi connectivity index (χ0n) is 10.2. The van der Waals surface area contributed by atoms with Crippen LogP contribution in [0.3, 0.4) is 0 Å². The van der Waals surface area contributed by atoms with Crippen LogP contribution in [0.2, 0.25) is 0 Å². The molecule has 1 aromatic rings. The summed E-state index contributed by atoms with van der Waals surface area (Å²) >= 11 is 5.68. The predicted octanol–water partition coefficient (Wildman–Crippen LogP) is 2.25. The number of anilines is 1. The molecule has 0 saturated heterocycles. The zero-order valence-corrected chi connectivity index (χ0v) is 11.0. The Morgan fingerprint density at radius 2 is 2.12 bits per heavy atom. The second-order valence-corrected chi connectivity index (χ2v) is 4.30. The molecule has 5 heteroatoms. The molecule has 0 bridgehead atoms.